The van der Waals surface area contributed by atoms with Crippen molar-refractivity contribution in [3.8, 4) is 11.4 Å². The number of fused-ring (bicyclic) bond motifs is 1. The van der Waals surface area contributed by atoms with Crippen molar-refractivity contribution in [3.05, 3.63) is 63.7 Å². The van der Waals surface area contributed by atoms with Gasteiger partial charge in [0.2, 0.25) is 0 Å². The number of aromatic nitrogens is 2. The number of hydrogen-bond donors (Lipinski definition) is 1. The summed E-state index contributed by atoms with van der Waals surface area (Å²) in [7, 11) is 4.48. The van der Waals surface area contributed by atoms with Crippen LogP contribution in [0.15, 0.2) is 47.5 Å². The molecule has 0 bridgehead atoms. The van der Waals surface area contributed by atoms with Crippen molar-refractivity contribution >= 4 is 28.4 Å². The van der Waals surface area contributed by atoms with Crippen molar-refractivity contribution in [2.75, 3.05) is 27.9 Å². The Morgan fingerprint density at radius 3 is 2.62 bits per heavy atom. The number of methoxy groups -OCH3 is 3. The Labute approximate surface area is 172 Å². The Kier molecular flexibility index (Phi) is 6.48. The van der Waals surface area contributed by atoms with E-state index in [-0.39, 0.29) is 18.0 Å². The van der Waals surface area contributed by atoms with Crippen LogP contribution in [0.2, 0.25) is 5.02 Å². The van der Waals surface area contributed by atoms with Crippen molar-refractivity contribution < 1.29 is 19.0 Å². The van der Waals surface area contributed by atoms with Gasteiger partial charge in [0.25, 0.3) is 11.5 Å². The molecule has 1 amide bonds. The molecule has 9 heteroatoms. The second kappa shape index (κ2) is 9.04. The van der Waals surface area contributed by atoms with Crippen molar-refractivity contribution in [1.29, 1.82) is 0 Å². The second-order valence-corrected chi connectivity index (χ2v) is 6.52. The van der Waals surface area contributed by atoms with Gasteiger partial charge in [0.1, 0.15) is 12.1 Å². The first kappa shape index (κ1) is 20.8. The minimum Gasteiger partial charge on any atom is -0.495 e. The molecule has 3 rings (SSSR count). The lowest BCUT2D eigenvalue weighted by molar-refractivity contribution is -0.0974. The van der Waals surface area contributed by atoms with Crippen LogP contribution < -0.4 is 15.6 Å². The highest BCUT2D eigenvalue weighted by Crippen LogP contribution is 2.25. The van der Waals surface area contributed by atoms with Crippen LogP contribution in [-0.4, -0.2) is 49.6 Å². The van der Waals surface area contributed by atoms with E-state index in [1.807, 2.05) is 0 Å². The molecule has 0 atom stereocenters. The van der Waals surface area contributed by atoms with E-state index in [9.17, 15) is 9.59 Å². The summed E-state index contributed by atoms with van der Waals surface area (Å²) < 4.78 is 16.8. The molecule has 3 aromatic rings. The highest BCUT2D eigenvalue weighted by molar-refractivity contribution is 6.30. The van der Waals surface area contributed by atoms with Crippen LogP contribution in [0.4, 0.5) is 0 Å². The number of rotatable bonds is 7. The Bertz CT molecular complexity index is 1100. The molecule has 0 saturated carbocycles. The lowest BCUT2D eigenvalue weighted by atomic mass is 10.1. The van der Waals surface area contributed by atoms with Gasteiger partial charge in [-0.25, -0.2) is 4.98 Å². The lowest BCUT2D eigenvalue weighted by Gasteiger charge is -2.14. The van der Waals surface area contributed by atoms with Crippen LogP contribution in [0.5, 0.6) is 5.75 Å². The van der Waals surface area contributed by atoms with Gasteiger partial charge in [-0.15, -0.1) is 0 Å². The second-order valence-electron chi connectivity index (χ2n) is 6.08. The van der Waals surface area contributed by atoms with Crippen LogP contribution in [0.25, 0.3) is 16.6 Å². The number of carbonyl (C=O) groups excluding carboxylic acids is 1. The predicted molar refractivity (Wildman–Crippen MR) is 109 cm³/mol. The number of carbonyl (C=O) groups is 1. The van der Waals surface area contributed by atoms with Crippen molar-refractivity contribution in [2.45, 2.75) is 6.29 Å². The van der Waals surface area contributed by atoms with Crippen LogP contribution in [0.3, 0.4) is 0 Å². The van der Waals surface area contributed by atoms with E-state index in [0.29, 0.717) is 32.9 Å². The maximum Gasteiger partial charge on any atom is 0.265 e. The number of nitrogens with zero attached hydrogens (tertiary/aromatic N) is 2. The maximum absolute atomic E-state index is 13.0. The zero-order valence-corrected chi connectivity index (χ0v) is 16.9. The van der Waals surface area contributed by atoms with Crippen molar-refractivity contribution in [3.63, 3.8) is 0 Å². The molecule has 152 valence electrons. The van der Waals surface area contributed by atoms with Gasteiger partial charge in [0.05, 0.1) is 30.2 Å². The summed E-state index contributed by atoms with van der Waals surface area (Å²) in [4.78, 5) is 29.7. The molecule has 0 spiro atoms. The summed E-state index contributed by atoms with van der Waals surface area (Å²) in [5.41, 5.74) is 0.941. The minimum absolute atomic E-state index is 0.188. The standard InChI is InChI=1S/C20H20ClN3O5/c1-27-17-7-5-13(21)9-16(17)24-11-23-15-8-12(4-6-14(15)20(24)26)19(25)22-10-18(28-2)29-3/h4-9,11,18H,10H2,1-3H3,(H,22,25). The Morgan fingerprint density at radius 1 is 1.17 bits per heavy atom. The molecule has 29 heavy (non-hydrogen) atoms. The molecule has 0 aliphatic rings. The number of ether oxygens (including phenoxy) is 3. The molecule has 0 saturated heterocycles. The van der Waals surface area contributed by atoms with E-state index in [2.05, 4.69) is 10.3 Å². The highest BCUT2D eigenvalue weighted by atomic mass is 35.5. The first-order valence-electron chi connectivity index (χ1n) is 8.67. The zero-order valence-electron chi connectivity index (χ0n) is 16.1. The fourth-order valence-corrected chi connectivity index (χ4v) is 2.99. The van der Waals surface area contributed by atoms with Crippen LogP contribution in [0, 0.1) is 0 Å². The van der Waals surface area contributed by atoms with E-state index in [1.54, 1.807) is 36.4 Å². The maximum atomic E-state index is 13.0. The van der Waals surface area contributed by atoms with Gasteiger partial charge >= 0.3 is 0 Å². The number of hydrogen-bond acceptors (Lipinski definition) is 6. The molecular formula is C20H20ClN3O5. The molecule has 8 nitrogen and oxygen atoms in total. The molecule has 1 N–H and O–H groups in total. The molecule has 0 radical (unpaired) electrons. The van der Waals surface area contributed by atoms with E-state index in [0.717, 1.165) is 0 Å². The fraction of sp³-hybridized carbons (Fsp3) is 0.250. The summed E-state index contributed by atoms with van der Waals surface area (Å²) in [5.74, 6) is 0.160. The number of halogens is 1. The summed E-state index contributed by atoms with van der Waals surface area (Å²) in [6.07, 6.45) is 0.837. The molecule has 0 aliphatic heterocycles. The molecule has 1 aromatic heterocycles. The molecule has 0 unspecified atom stereocenters. The van der Waals surface area contributed by atoms with Gasteiger partial charge in [0, 0.05) is 24.8 Å². The third-order valence-electron chi connectivity index (χ3n) is 4.38. The molecular weight excluding hydrogens is 398 g/mol. The minimum atomic E-state index is -0.544. The third kappa shape index (κ3) is 4.40. The van der Waals surface area contributed by atoms with Gasteiger partial charge < -0.3 is 19.5 Å². The fourth-order valence-electron chi connectivity index (χ4n) is 2.83. The van der Waals surface area contributed by atoms with Crippen molar-refractivity contribution in [1.82, 2.24) is 14.9 Å². The normalized spacial score (nSPS) is 11.1. The van der Waals surface area contributed by atoms with E-state index in [4.69, 9.17) is 25.8 Å². The van der Waals surface area contributed by atoms with Gasteiger partial charge in [-0.2, -0.15) is 0 Å². The quantitative estimate of drug-likeness (QED) is 0.593. The van der Waals surface area contributed by atoms with Gasteiger partial charge in [-0.1, -0.05) is 11.6 Å². The van der Waals surface area contributed by atoms with Crippen molar-refractivity contribution in [2.24, 2.45) is 0 Å². The van der Waals surface area contributed by atoms with Gasteiger partial charge in [-0.05, 0) is 36.4 Å². The third-order valence-corrected chi connectivity index (χ3v) is 4.61. The number of nitrogens with one attached hydrogen (secondary N) is 1. The van der Waals surface area contributed by atoms with E-state index in [1.165, 1.54) is 32.2 Å². The Morgan fingerprint density at radius 2 is 1.93 bits per heavy atom. The largest absolute Gasteiger partial charge is 0.495 e. The first-order chi connectivity index (χ1) is 14.0. The summed E-state index contributed by atoms with van der Waals surface area (Å²) in [6, 6.07) is 9.66. The first-order valence-corrected chi connectivity index (χ1v) is 9.05. The topological polar surface area (TPSA) is 91.7 Å². The SMILES string of the molecule is COc1ccc(Cl)cc1-n1cnc2cc(C(=O)NCC(OC)OC)ccc2c1=O. The average molecular weight is 418 g/mol. The summed E-state index contributed by atoms with van der Waals surface area (Å²) >= 11 is 6.07. The van der Waals surface area contributed by atoms with Gasteiger partial charge in [0.15, 0.2) is 6.29 Å². The van der Waals surface area contributed by atoms with Gasteiger partial charge in [-0.3, -0.25) is 14.2 Å². The number of amides is 1. The van der Waals surface area contributed by atoms with E-state index < -0.39 is 6.29 Å². The monoisotopic (exact) mass is 417 g/mol. The average Bonchev–Trinajstić information content (AvgIpc) is 2.74. The van der Waals surface area contributed by atoms with Crippen LogP contribution in [0.1, 0.15) is 10.4 Å². The zero-order chi connectivity index (χ0) is 21.0. The van der Waals surface area contributed by atoms with Crippen LogP contribution >= 0.6 is 11.6 Å². The molecule has 1 heterocycles. The summed E-state index contributed by atoms with van der Waals surface area (Å²) in [5, 5.41) is 3.53. The highest BCUT2D eigenvalue weighted by Gasteiger charge is 2.14. The molecule has 0 aliphatic carbocycles. The van der Waals surface area contributed by atoms with Crippen LogP contribution in [-0.2, 0) is 9.47 Å². The summed E-state index contributed by atoms with van der Waals surface area (Å²) in [6.45, 7) is 0.188. The lowest BCUT2D eigenvalue weighted by Crippen LogP contribution is -2.34. The molecule has 2 aromatic carbocycles. The smallest absolute Gasteiger partial charge is 0.265 e. The van der Waals surface area contributed by atoms with E-state index >= 15 is 0 Å². The molecule has 0 fully saturated rings. The Balaban J connectivity index is 1.95. The predicted octanol–water partition coefficient (Wildman–Crippen LogP) is 2.40. The Hall–Kier alpha value is -2.94. The number of benzene rings is 2.